The van der Waals surface area contributed by atoms with Gasteiger partial charge in [0.05, 0.1) is 6.10 Å². The zero-order valence-electron chi connectivity index (χ0n) is 12.5. The third-order valence-electron chi connectivity index (χ3n) is 3.58. The molecule has 116 valence electrons. The zero-order valence-corrected chi connectivity index (χ0v) is 12.5. The van der Waals surface area contributed by atoms with Gasteiger partial charge in [-0.3, -0.25) is 4.79 Å². The molecule has 22 heavy (non-hydrogen) atoms. The summed E-state index contributed by atoms with van der Waals surface area (Å²) >= 11 is 0. The lowest BCUT2D eigenvalue weighted by molar-refractivity contribution is 0.100. The van der Waals surface area contributed by atoms with Gasteiger partial charge in [0.2, 0.25) is 5.91 Å². The third-order valence-corrected chi connectivity index (χ3v) is 3.58. The highest BCUT2D eigenvalue weighted by Gasteiger charge is 2.05. The second kappa shape index (κ2) is 8.32. The summed E-state index contributed by atoms with van der Waals surface area (Å²) in [5.74, 6) is -0.400. The van der Waals surface area contributed by atoms with Crippen molar-refractivity contribution in [2.75, 3.05) is 13.1 Å². The number of hydrogen-bond donors (Lipinski definition) is 3. The van der Waals surface area contributed by atoms with Gasteiger partial charge in [0.25, 0.3) is 0 Å². The Labute approximate surface area is 131 Å². The molecule has 0 aliphatic rings. The summed E-state index contributed by atoms with van der Waals surface area (Å²) < 4.78 is 0. The number of amides is 1. The van der Waals surface area contributed by atoms with Crippen LogP contribution in [0.15, 0.2) is 54.6 Å². The lowest BCUT2D eigenvalue weighted by Gasteiger charge is -2.12. The molecule has 0 bridgehead atoms. The van der Waals surface area contributed by atoms with Crippen LogP contribution in [-0.2, 0) is 6.42 Å². The minimum absolute atomic E-state index is 0.400. The minimum atomic E-state index is -0.476. The molecule has 0 radical (unpaired) electrons. The van der Waals surface area contributed by atoms with Gasteiger partial charge < -0.3 is 16.2 Å². The summed E-state index contributed by atoms with van der Waals surface area (Å²) in [6.07, 6.45) is 1.42. The summed E-state index contributed by atoms with van der Waals surface area (Å²) in [6, 6.07) is 17.0. The Morgan fingerprint density at radius 1 is 1.09 bits per heavy atom. The first-order valence-corrected chi connectivity index (χ1v) is 7.49. The molecule has 2 rings (SSSR count). The zero-order chi connectivity index (χ0) is 15.8. The number of aliphatic hydroxyl groups excluding tert-OH is 1. The number of aliphatic hydroxyl groups is 1. The molecule has 0 heterocycles. The van der Waals surface area contributed by atoms with E-state index in [-0.39, 0.29) is 0 Å². The van der Waals surface area contributed by atoms with Crippen LogP contribution in [0.4, 0.5) is 0 Å². The molecule has 4 heteroatoms. The molecule has 2 aromatic carbocycles. The van der Waals surface area contributed by atoms with Gasteiger partial charge in [-0.05, 0) is 42.6 Å². The van der Waals surface area contributed by atoms with E-state index in [9.17, 15) is 9.90 Å². The van der Waals surface area contributed by atoms with Crippen molar-refractivity contribution < 1.29 is 9.90 Å². The lowest BCUT2D eigenvalue weighted by atomic mass is 10.1. The van der Waals surface area contributed by atoms with E-state index in [1.165, 1.54) is 5.56 Å². The van der Waals surface area contributed by atoms with E-state index < -0.39 is 12.0 Å². The van der Waals surface area contributed by atoms with E-state index in [0.29, 0.717) is 12.1 Å². The Morgan fingerprint density at radius 3 is 2.41 bits per heavy atom. The Balaban J connectivity index is 1.66. The number of nitrogens with two attached hydrogens (primary N) is 1. The molecule has 0 aromatic heterocycles. The van der Waals surface area contributed by atoms with Crippen LogP contribution in [0, 0.1) is 0 Å². The van der Waals surface area contributed by atoms with Crippen LogP contribution in [0.25, 0.3) is 0 Å². The van der Waals surface area contributed by atoms with E-state index in [1.807, 2.05) is 42.5 Å². The Bertz CT molecular complexity index is 582. The van der Waals surface area contributed by atoms with Crippen LogP contribution in [0.3, 0.4) is 0 Å². The van der Waals surface area contributed by atoms with Crippen LogP contribution in [0.2, 0.25) is 0 Å². The first-order valence-electron chi connectivity index (χ1n) is 7.49. The number of carbonyl (C=O) groups excluding carboxylic acids is 1. The van der Waals surface area contributed by atoms with Gasteiger partial charge in [-0.1, -0.05) is 42.5 Å². The van der Waals surface area contributed by atoms with E-state index in [2.05, 4.69) is 5.32 Å². The number of nitrogens with one attached hydrogen (secondary N) is 1. The standard InChI is InChI=1S/C18H22N2O2/c19-18(22)16-10-8-14(9-11-16)5-4-12-20-13-17(21)15-6-2-1-3-7-15/h1-3,6-11,17,20-21H,4-5,12-13H2,(H2,19,22)/t17-/m1/s1. The van der Waals surface area contributed by atoms with E-state index in [1.54, 1.807) is 12.1 Å². The molecule has 0 saturated carbocycles. The van der Waals surface area contributed by atoms with E-state index >= 15 is 0 Å². The third kappa shape index (κ3) is 4.98. The van der Waals surface area contributed by atoms with Gasteiger partial charge in [-0.25, -0.2) is 0 Å². The molecule has 4 N–H and O–H groups in total. The first kappa shape index (κ1) is 16.2. The van der Waals surface area contributed by atoms with Gasteiger partial charge in [-0.2, -0.15) is 0 Å². The lowest BCUT2D eigenvalue weighted by Crippen LogP contribution is -2.22. The molecule has 1 amide bonds. The number of carbonyl (C=O) groups is 1. The maximum absolute atomic E-state index is 11.0. The van der Waals surface area contributed by atoms with Crippen molar-refractivity contribution in [3.8, 4) is 0 Å². The van der Waals surface area contributed by atoms with E-state index in [0.717, 1.165) is 24.9 Å². The quantitative estimate of drug-likeness (QED) is 0.653. The van der Waals surface area contributed by atoms with Crippen molar-refractivity contribution in [1.29, 1.82) is 0 Å². The smallest absolute Gasteiger partial charge is 0.248 e. The molecule has 4 nitrogen and oxygen atoms in total. The summed E-state index contributed by atoms with van der Waals surface area (Å²) in [6.45, 7) is 1.38. The Hall–Kier alpha value is -2.17. The second-order valence-corrected chi connectivity index (χ2v) is 5.30. The van der Waals surface area contributed by atoms with Crippen molar-refractivity contribution in [2.45, 2.75) is 18.9 Å². The fourth-order valence-electron chi connectivity index (χ4n) is 2.29. The van der Waals surface area contributed by atoms with Crippen LogP contribution >= 0.6 is 0 Å². The highest BCUT2D eigenvalue weighted by Crippen LogP contribution is 2.10. The molecule has 0 spiro atoms. The topological polar surface area (TPSA) is 75.4 Å². The van der Waals surface area contributed by atoms with Crippen LogP contribution in [0.5, 0.6) is 0 Å². The molecular formula is C18H22N2O2. The van der Waals surface area contributed by atoms with Crippen molar-refractivity contribution >= 4 is 5.91 Å². The van der Waals surface area contributed by atoms with Crippen molar-refractivity contribution in [3.63, 3.8) is 0 Å². The van der Waals surface area contributed by atoms with Gasteiger partial charge in [0.15, 0.2) is 0 Å². The summed E-state index contributed by atoms with van der Waals surface area (Å²) in [5, 5.41) is 13.3. The normalized spacial score (nSPS) is 12.0. The summed E-state index contributed by atoms with van der Waals surface area (Å²) in [4.78, 5) is 11.0. The maximum Gasteiger partial charge on any atom is 0.248 e. The maximum atomic E-state index is 11.0. The molecule has 1 atom stereocenters. The molecule has 0 aliphatic carbocycles. The number of benzene rings is 2. The monoisotopic (exact) mass is 298 g/mol. The number of primary amides is 1. The van der Waals surface area contributed by atoms with Crippen molar-refractivity contribution in [1.82, 2.24) is 5.32 Å². The molecule has 0 aliphatic heterocycles. The number of aryl methyl sites for hydroxylation is 1. The van der Waals surface area contributed by atoms with Gasteiger partial charge in [-0.15, -0.1) is 0 Å². The summed E-state index contributed by atoms with van der Waals surface area (Å²) in [5.41, 5.74) is 7.85. The first-order chi connectivity index (χ1) is 10.7. The SMILES string of the molecule is NC(=O)c1ccc(CCCNC[C@@H](O)c2ccccc2)cc1. The predicted molar refractivity (Wildman–Crippen MR) is 87.6 cm³/mol. The Kier molecular flexibility index (Phi) is 6.13. The average molecular weight is 298 g/mol. The predicted octanol–water partition coefficient (Wildman–Crippen LogP) is 2.04. The second-order valence-electron chi connectivity index (χ2n) is 5.30. The van der Waals surface area contributed by atoms with E-state index in [4.69, 9.17) is 5.73 Å². The van der Waals surface area contributed by atoms with Crippen molar-refractivity contribution in [2.24, 2.45) is 5.73 Å². The van der Waals surface area contributed by atoms with Crippen LogP contribution in [-0.4, -0.2) is 24.1 Å². The van der Waals surface area contributed by atoms with Crippen LogP contribution in [0.1, 0.15) is 34.0 Å². The number of rotatable bonds is 8. The van der Waals surface area contributed by atoms with Gasteiger partial charge in [0, 0.05) is 12.1 Å². The molecule has 2 aromatic rings. The highest BCUT2D eigenvalue weighted by atomic mass is 16.3. The fraction of sp³-hybridized carbons (Fsp3) is 0.278. The number of hydrogen-bond acceptors (Lipinski definition) is 3. The fourth-order valence-corrected chi connectivity index (χ4v) is 2.29. The van der Waals surface area contributed by atoms with Crippen LogP contribution < -0.4 is 11.1 Å². The molecular weight excluding hydrogens is 276 g/mol. The van der Waals surface area contributed by atoms with Gasteiger partial charge >= 0.3 is 0 Å². The summed E-state index contributed by atoms with van der Waals surface area (Å²) in [7, 11) is 0. The largest absolute Gasteiger partial charge is 0.387 e. The molecule has 0 saturated heterocycles. The Morgan fingerprint density at radius 2 is 1.77 bits per heavy atom. The van der Waals surface area contributed by atoms with Gasteiger partial charge in [0.1, 0.15) is 0 Å². The average Bonchev–Trinajstić information content (AvgIpc) is 2.55. The molecule has 0 fully saturated rings. The molecule has 0 unspecified atom stereocenters. The highest BCUT2D eigenvalue weighted by molar-refractivity contribution is 5.92. The van der Waals surface area contributed by atoms with Crippen molar-refractivity contribution in [3.05, 3.63) is 71.3 Å². The minimum Gasteiger partial charge on any atom is -0.387 e.